The highest BCUT2D eigenvalue weighted by Gasteiger charge is 2.13. The Bertz CT molecular complexity index is 667. The lowest BCUT2D eigenvalue weighted by Crippen LogP contribution is -2.07. The van der Waals surface area contributed by atoms with E-state index in [1.165, 1.54) is 6.07 Å². The first kappa shape index (κ1) is 13.4. The van der Waals surface area contributed by atoms with Crippen LogP contribution in [-0.2, 0) is 16.4 Å². The number of rotatable bonds is 4. The SMILES string of the molecule is CS(=O)(=O)c1cccc(NCc2ccccc2)c1N. The Morgan fingerprint density at radius 3 is 2.37 bits per heavy atom. The van der Waals surface area contributed by atoms with Crippen molar-refractivity contribution >= 4 is 21.2 Å². The minimum absolute atomic E-state index is 0.158. The van der Waals surface area contributed by atoms with Gasteiger partial charge in [0, 0.05) is 12.8 Å². The van der Waals surface area contributed by atoms with E-state index < -0.39 is 9.84 Å². The molecule has 0 saturated heterocycles. The van der Waals surface area contributed by atoms with Crippen molar-refractivity contribution < 1.29 is 8.42 Å². The van der Waals surface area contributed by atoms with Crippen LogP contribution in [0.25, 0.3) is 0 Å². The van der Waals surface area contributed by atoms with Crippen molar-refractivity contribution in [3.05, 3.63) is 54.1 Å². The summed E-state index contributed by atoms with van der Waals surface area (Å²) in [5.41, 5.74) is 7.89. The van der Waals surface area contributed by atoms with E-state index in [0.29, 0.717) is 12.2 Å². The molecule has 0 atom stereocenters. The van der Waals surface area contributed by atoms with Gasteiger partial charge in [0.1, 0.15) is 0 Å². The van der Waals surface area contributed by atoms with Gasteiger partial charge < -0.3 is 11.1 Å². The summed E-state index contributed by atoms with van der Waals surface area (Å²) in [5.74, 6) is 0. The topological polar surface area (TPSA) is 72.2 Å². The lowest BCUT2D eigenvalue weighted by atomic mass is 10.2. The van der Waals surface area contributed by atoms with Crippen LogP contribution in [0.3, 0.4) is 0 Å². The number of sulfone groups is 1. The van der Waals surface area contributed by atoms with E-state index in [4.69, 9.17) is 5.73 Å². The summed E-state index contributed by atoms with van der Waals surface area (Å²) in [6, 6.07) is 14.8. The number of hydrogen-bond acceptors (Lipinski definition) is 4. The largest absolute Gasteiger partial charge is 0.396 e. The smallest absolute Gasteiger partial charge is 0.177 e. The van der Waals surface area contributed by atoms with Crippen LogP contribution in [0, 0.1) is 0 Å². The Morgan fingerprint density at radius 2 is 1.74 bits per heavy atom. The number of nitrogens with two attached hydrogens (primary N) is 1. The molecule has 0 amide bonds. The molecule has 0 aliphatic carbocycles. The van der Waals surface area contributed by atoms with Gasteiger partial charge in [-0.2, -0.15) is 0 Å². The Morgan fingerprint density at radius 1 is 1.05 bits per heavy atom. The third-order valence-corrected chi connectivity index (χ3v) is 3.95. The summed E-state index contributed by atoms with van der Waals surface area (Å²) in [6.45, 7) is 0.595. The van der Waals surface area contributed by atoms with Crippen LogP contribution in [0.15, 0.2) is 53.4 Å². The molecule has 5 heteroatoms. The van der Waals surface area contributed by atoms with Crippen LogP contribution in [0.4, 0.5) is 11.4 Å². The molecule has 0 radical (unpaired) electrons. The standard InChI is InChI=1S/C14H16N2O2S/c1-19(17,18)13-9-5-8-12(14(13)15)16-10-11-6-3-2-4-7-11/h2-9,16H,10,15H2,1H3. The highest BCUT2D eigenvalue weighted by molar-refractivity contribution is 7.90. The van der Waals surface area contributed by atoms with Crippen molar-refractivity contribution in [2.45, 2.75) is 11.4 Å². The number of hydrogen-bond donors (Lipinski definition) is 2. The molecular weight excluding hydrogens is 260 g/mol. The van der Waals surface area contributed by atoms with E-state index in [1.54, 1.807) is 12.1 Å². The second kappa shape index (κ2) is 5.32. The maximum Gasteiger partial charge on any atom is 0.177 e. The molecular formula is C14H16N2O2S. The normalized spacial score (nSPS) is 11.2. The zero-order valence-corrected chi connectivity index (χ0v) is 11.4. The first-order valence-corrected chi connectivity index (χ1v) is 7.74. The molecule has 2 aromatic carbocycles. The Labute approximate surface area is 113 Å². The van der Waals surface area contributed by atoms with E-state index in [2.05, 4.69) is 5.32 Å². The molecule has 0 aliphatic rings. The lowest BCUT2D eigenvalue weighted by molar-refractivity contribution is 0.602. The third kappa shape index (κ3) is 3.26. The van der Waals surface area contributed by atoms with Gasteiger partial charge in [0.2, 0.25) is 0 Å². The molecule has 2 rings (SSSR count). The van der Waals surface area contributed by atoms with Crippen LogP contribution in [-0.4, -0.2) is 14.7 Å². The van der Waals surface area contributed by atoms with Crippen molar-refractivity contribution in [2.24, 2.45) is 0 Å². The predicted octanol–water partition coefficient (Wildman–Crippen LogP) is 2.28. The summed E-state index contributed by atoms with van der Waals surface area (Å²) in [4.78, 5) is 0.158. The monoisotopic (exact) mass is 276 g/mol. The van der Waals surface area contributed by atoms with Gasteiger partial charge in [-0.15, -0.1) is 0 Å². The van der Waals surface area contributed by atoms with Crippen LogP contribution < -0.4 is 11.1 Å². The summed E-state index contributed by atoms with van der Waals surface area (Å²) >= 11 is 0. The second-order valence-electron chi connectivity index (χ2n) is 4.33. The molecule has 100 valence electrons. The average molecular weight is 276 g/mol. The van der Waals surface area contributed by atoms with Crippen molar-refractivity contribution in [2.75, 3.05) is 17.3 Å². The fourth-order valence-electron chi connectivity index (χ4n) is 1.81. The molecule has 0 aliphatic heterocycles. The molecule has 0 unspecified atom stereocenters. The molecule has 0 heterocycles. The molecule has 19 heavy (non-hydrogen) atoms. The number of para-hydroxylation sites is 1. The van der Waals surface area contributed by atoms with Crippen LogP contribution in [0.1, 0.15) is 5.56 Å². The molecule has 2 aromatic rings. The summed E-state index contributed by atoms with van der Waals surface area (Å²) < 4.78 is 23.1. The lowest BCUT2D eigenvalue weighted by Gasteiger charge is -2.12. The van der Waals surface area contributed by atoms with Crippen LogP contribution in [0.2, 0.25) is 0 Å². The fraction of sp³-hybridized carbons (Fsp3) is 0.143. The van der Waals surface area contributed by atoms with Gasteiger partial charge in [-0.25, -0.2) is 8.42 Å². The molecule has 0 aromatic heterocycles. The van der Waals surface area contributed by atoms with E-state index >= 15 is 0 Å². The summed E-state index contributed by atoms with van der Waals surface area (Å²) in [5, 5.41) is 3.15. The maximum absolute atomic E-state index is 11.6. The van der Waals surface area contributed by atoms with Gasteiger partial charge in [0.15, 0.2) is 9.84 Å². The van der Waals surface area contributed by atoms with Gasteiger partial charge >= 0.3 is 0 Å². The molecule has 4 nitrogen and oxygen atoms in total. The quantitative estimate of drug-likeness (QED) is 0.840. The van der Waals surface area contributed by atoms with Crippen molar-refractivity contribution in [1.82, 2.24) is 0 Å². The average Bonchev–Trinajstić information content (AvgIpc) is 2.37. The maximum atomic E-state index is 11.6. The minimum Gasteiger partial charge on any atom is -0.396 e. The summed E-state index contributed by atoms with van der Waals surface area (Å²) in [6.07, 6.45) is 1.15. The van der Waals surface area contributed by atoms with Crippen LogP contribution in [0.5, 0.6) is 0 Å². The van der Waals surface area contributed by atoms with E-state index in [0.717, 1.165) is 11.8 Å². The van der Waals surface area contributed by atoms with Gasteiger partial charge in [0.05, 0.1) is 16.3 Å². The van der Waals surface area contributed by atoms with Gasteiger partial charge in [0.25, 0.3) is 0 Å². The Kier molecular flexibility index (Phi) is 3.76. The number of nitrogens with one attached hydrogen (secondary N) is 1. The highest BCUT2D eigenvalue weighted by Crippen LogP contribution is 2.26. The zero-order chi connectivity index (χ0) is 13.9. The van der Waals surface area contributed by atoms with Crippen molar-refractivity contribution in [1.29, 1.82) is 0 Å². The number of anilines is 2. The number of nitrogen functional groups attached to an aromatic ring is 1. The molecule has 0 bridgehead atoms. The molecule has 0 saturated carbocycles. The second-order valence-corrected chi connectivity index (χ2v) is 6.31. The first-order chi connectivity index (χ1) is 8.98. The fourth-order valence-corrected chi connectivity index (χ4v) is 2.65. The van der Waals surface area contributed by atoms with E-state index in [-0.39, 0.29) is 10.6 Å². The number of benzene rings is 2. The highest BCUT2D eigenvalue weighted by atomic mass is 32.2. The third-order valence-electron chi connectivity index (χ3n) is 2.79. The Hall–Kier alpha value is -2.01. The molecule has 0 spiro atoms. The zero-order valence-electron chi connectivity index (χ0n) is 10.6. The summed E-state index contributed by atoms with van der Waals surface area (Å²) in [7, 11) is -3.30. The molecule has 0 fully saturated rings. The van der Waals surface area contributed by atoms with E-state index in [1.807, 2.05) is 30.3 Å². The minimum atomic E-state index is -3.30. The van der Waals surface area contributed by atoms with E-state index in [9.17, 15) is 8.42 Å². The van der Waals surface area contributed by atoms with Gasteiger partial charge in [-0.05, 0) is 17.7 Å². The molecule has 3 N–H and O–H groups in total. The first-order valence-electron chi connectivity index (χ1n) is 5.85. The van der Waals surface area contributed by atoms with Crippen LogP contribution >= 0.6 is 0 Å². The van der Waals surface area contributed by atoms with Gasteiger partial charge in [-0.3, -0.25) is 0 Å². The van der Waals surface area contributed by atoms with Crippen molar-refractivity contribution in [3.8, 4) is 0 Å². The predicted molar refractivity (Wildman–Crippen MR) is 77.7 cm³/mol. The van der Waals surface area contributed by atoms with Gasteiger partial charge in [-0.1, -0.05) is 36.4 Å². The Balaban J connectivity index is 2.23. The van der Waals surface area contributed by atoms with Crippen molar-refractivity contribution in [3.63, 3.8) is 0 Å².